The number of aromatic nitrogens is 2. The van der Waals surface area contributed by atoms with Gasteiger partial charge in [-0.1, -0.05) is 25.6 Å². The topological polar surface area (TPSA) is 117 Å². The fraction of sp³-hybridized carbons (Fsp3) is 0.400. The van der Waals surface area contributed by atoms with Crippen LogP contribution in [0.25, 0.3) is 0 Å². The van der Waals surface area contributed by atoms with Crippen LogP contribution in [0, 0.1) is 0 Å². The molecule has 4 N–H and O–H groups in total. The molecule has 2 rings (SSSR count). The van der Waals surface area contributed by atoms with Gasteiger partial charge in [-0.15, -0.1) is 0 Å². The Bertz CT molecular complexity index is 725. The Morgan fingerprint density at radius 3 is 2.79 bits per heavy atom. The molecule has 0 atom stereocenters. The van der Waals surface area contributed by atoms with Crippen LogP contribution in [0.4, 0.5) is 11.5 Å². The second-order valence-electron chi connectivity index (χ2n) is 4.94. The van der Waals surface area contributed by atoms with Crippen molar-refractivity contribution < 1.29 is 9.21 Å². The van der Waals surface area contributed by atoms with Gasteiger partial charge in [0, 0.05) is 12.3 Å². The summed E-state index contributed by atoms with van der Waals surface area (Å²) in [5, 5.41) is 2.85. The maximum Gasteiger partial charge on any atom is 0.291 e. The molecule has 1 amide bonds. The number of anilines is 2. The summed E-state index contributed by atoms with van der Waals surface area (Å²) in [7, 11) is 0. The molecule has 2 aromatic heterocycles. The molecule has 24 heavy (non-hydrogen) atoms. The van der Waals surface area contributed by atoms with Gasteiger partial charge in [-0.05, 0) is 25.2 Å². The van der Waals surface area contributed by atoms with Gasteiger partial charge in [-0.2, -0.15) is 0 Å². The molecule has 0 aliphatic heterocycles. The zero-order valence-electron chi connectivity index (χ0n) is 13.7. The highest BCUT2D eigenvalue weighted by Crippen LogP contribution is 2.17. The van der Waals surface area contributed by atoms with Crippen molar-refractivity contribution >= 4 is 29.2 Å². The van der Waals surface area contributed by atoms with Crippen molar-refractivity contribution in [3.05, 3.63) is 34.5 Å². The number of nitrogens with one attached hydrogen (secondary N) is 2. The maximum absolute atomic E-state index is 12.1. The van der Waals surface area contributed by atoms with Crippen LogP contribution in [0.5, 0.6) is 0 Å². The second-order valence-corrected chi connectivity index (χ2v) is 6.02. The van der Waals surface area contributed by atoms with Crippen molar-refractivity contribution in [3.63, 3.8) is 0 Å². The van der Waals surface area contributed by atoms with Crippen LogP contribution >= 0.6 is 11.8 Å². The number of H-pyrrole nitrogens is 1. The molecule has 2 aromatic rings. The molecule has 0 spiro atoms. The van der Waals surface area contributed by atoms with Gasteiger partial charge in [0.25, 0.3) is 11.5 Å². The van der Waals surface area contributed by atoms with Crippen LogP contribution in [0.1, 0.15) is 24.4 Å². The summed E-state index contributed by atoms with van der Waals surface area (Å²) in [5.74, 6) is 0.290. The first-order valence-electron chi connectivity index (χ1n) is 7.65. The predicted molar refractivity (Wildman–Crippen MR) is 94.4 cm³/mol. The van der Waals surface area contributed by atoms with Crippen LogP contribution in [-0.2, 0) is 0 Å². The lowest BCUT2D eigenvalue weighted by Crippen LogP contribution is -2.26. The van der Waals surface area contributed by atoms with E-state index in [0.717, 1.165) is 25.4 Å². The van der Waals surface area contributed by atoms with E-state index in [2.05, 4.69) is 34.0 Å². The number of thioether (sulfide) groups is 1. The van der Waals surface area contributed by atoms with Gasteiger partial charge in [0.1, 0.15) is 0 Å². The van der Waals surface area contributed by atoms with Crippen LogP contribution in [0.3, 0.4) is 0 Å². The summed E-state index contributed by atoms with van der Waals surface area (Å²) in [5.41, 5.74) is 5.24. The molecule has 9 heteroatoms. The van der Waals surface area contributed by atoms with Gasteiger partial charge in [0.2, 0.25) is 0 Å². The van der Waals surface area contributed by atoms with E-state index < -0.39 is 11.5 Å². The molecule has 2 heterocycles. The van der Waals surface area contributed by atoms with Crippen molar-refractivity contribution in [2.24, 2.45) is 0 Å². The summed E-state index contributed by atoms with van der Waals surface area (Å²) in [4.78, 5) is 33.1. The Morgan fingerprint density at radius 1 is 1.46 bits per heavy atom. The Morgan fingerprint density at radius 2 is 2.21 bits per heavy atom. The predicted octanol–water partition coefficient (Wildman–Crippen LogP) is 1.63. The van der Waals surface area contributed by atoms with E-state index in [0.29, 0.717) is 5.16 Å². The fourth-order valence-corrected chi connectivity index (χ4v) is 2.92. The number of carbonyl (C=O) groups excluding carboxylic acids is 1. The Labute approximate surface area is 143 Å². The van der Waals surface area contributed by atoms with Crippen molar-refractivity contribution in [1.82, 2.24) is 14.9 Å². The molecule has 0 bridgehead atoms. The Balaban J connectivity index is 2.03. The Hall–Kier alpha value is -2.26. The summed E-state index contributed by atoms with van der Waals surface area (Å²) >= 11 is 1.41. The van der Waals surface area contributed by atoms with Crippen LogP contribution in [0.15, 0.2) is 32.8 Å². The highest BCUT2D eigenvalue weighted by molar-refractivity contribution is 7.99. The average Bonchev–Trinajstić information content (AvgIpc) is 3.09. The van der Waals surface area contributed by atoms with E-state index in [1.165, 1.54) is 24.1 Å². The first-order valence-corrected chi connectivity index (χ1v) is 8.63. The molecule has 0 radical (unpaired) electrons. The Kier molecular flexibility index (Phi) is 6.44. The SMILES string of the molecule is CCN(CC)CCSc1nc(N)c(NC(=O)c2ccco2)c(=O)[nH]1. The highest BCUT2D eigenvalue weighted by Gasteiger charge is 2.15. The van der Waals surface area contributed by atoms with E-state index in [1.807, 2.05) is 0 Å². The van der Waals surface area contributed by atoms with Gasteiger partial charge < -0.3 is 20.4 Å². The third-order valence-corrected chi connectivity index (χ3v) is 4.30. The molecule has 0 saturated carbocycles. The number of nitrogens with two attached hydrogens (primary N) is 1. The van der Waals surface area contributed by atoms with E-state index in [9.17, 15) is 9.59 Å². The number of hydrogen-bond donors (Lipinski definition) is 3. The minimum Gasteiger partial charge on any atom is -0.459 e. The number of carbonyl (C=O) groups is 1. The molecule has 130 valence electrons. The van der Waals surface area contributed by atoms with Gasteiger partial charge >= 0.3 is 0 Å². The first kappa shape index (κ1) is 18.1. The van der Waals surface area contributed by atoms with Crippen molar-refractivity contribution in [2.75, 3.05) is 36.4 Å². The van der Waals surface area contributed by atoms with Gasteiger partial charge in [0.05, 0.1) is 6.26 Å². The van der Waals surface area contributed by atoms with Crippen LogP contribution < -0.4 is 16.6 Å². The van der Waals surface area contributed by atoms with Gasteiger partial charge in [-0.25, -0.2) is 4.98 Å². The average molecular weight is 351 g/mol. The number of nitrogens with zero attached hydrogens (tertiary/aromatic N) is 2. The second kappa shape index (κ2) is 8.55. The third kappa shape index (κ3) is 4.62. The monoisotopic (exact) mass is 351 g/mol. The summed E-state index contributed by atoms with van der Waals surface area (Å²) in [6, 6.07) is 3.07. The number of amides is 1. The quantitative estimate of drug-likeness (QED) is 0.489. The molecule has 0 aliphatic rings. The number of furan rings is 1. The molecule has 0 fully saturated rings. The third-order valence-electron chi connectivity index (χ3n) is 3.45. The maximum atomic E-state index is 12.1. The van der Waals surface area contributed by atoms with Crippen LogP contribution in [-0.4, -0.2) is 46.2 Å². The molecular weight excluding hydrogens is 330 g/mol. The number of hydrogen-bond acceptors (Lipinski definition) is 7. The molecule has 0 aliphatic carbocycles. The smallest absolute Gasteiger partial charge is 0.291 e. The van der Waals surface area contributed by atoms with E-state index >= 15 is 0 Å². The van der Waals surface area contributed by atoms with E-state index in [4.69, 9.17) is 10.2 Å². The van der Waals surface area contributed by atoms with Crippen molar-refractivity contribution in [1.29, 1.82) is 0 Å². The van der Waals surface area contributed by atoms with Gasteiger partial charge in [-0.3, -0.25) is 14.6 Å². The van der Waals surface area contributed by atoms with E-state index in [-0.39, 0.29) is 17.3 Å². The lowest BCUT2D eigenvalue weighted by atomic mass is 10.4. The minimum absolute atomic E-state index is 0.0241. The summed E-state index contributed by atoms with van der Waals surface area (Å²) < 4.78 is 4.97. The van der Waals surface area contributed by atoms with E-state index in [1.54, 1.807) is 6.07 Å². The van der Waals surface area contributed by atoms with Crippen LogP contribution in [0.2, 0.25) is 0 Å². The van der Waals surface area contributed by atoms with Crippen molar-refractivity contribution in [2.45, 2.75) is 19.0 Å². The summed E-state index contributed by atoms with van der Waals surface area (Å²) in [6.07, 6.45) is 1.37. The van der Waals surface area contributed by atoms with Gasteiger partial charge in [0.15, 0.2) is 22.4 Å². The standard InChI is InChI=1S/C15H21N5O3S/c1-3-20(4-2)7-9-24-15-18-12(16)11(14(22)19-15)17-13(21)10-6-5-8-23-10/h5-6,8H,3-4,7,9H2,1-2H3,(H,17,21)(H3,16,18,19,22). The molecule has 0 unspecified atom stereocenters. The largest absolute Gasteiger partial charge is 0.459 e. The number of rotatable bonds is 8. The number of aromatic amines is 1. The zero-order chi connectivity index (χ0) is 17.5. The fourth-order valence-electron chi connectivity index (χ4n) is 2.05. The van der Waals surface area contributed by atoms with Crippen molar-refractivity contribution in [3.8, 4) is 0 Å². The minimum atomic E-state index is -0.555. The number of nitrogen functional groups attached to an aromatic ring is 1. The normalized spacial score (nSPS) is 11.0. The molecule has 0 saturated heterocycles. The molecular formula is C15H21N5O3S. The first-order chi connectivity index (χ1) is 11.5. The lowest BCUT2D eigenvalue weighted by molar-refractivity contribution is 0.0996. The lowest BCUT2D eigenvalue weighted by Gasteiger charge is -2.17. The highest BCUT2D eigenvalue weighted by atomic mass is 32.2. The summed E-state index contributed by atoms with van der Waals surface area (Å²) in [6.45, 7) is 7.03. The molecule has 8 nitrogen and oxygen atoms in total. The molecule has 0 aromatic carbocycles. The zero-order valence-corrected chi connectivity index (χ0v) is 14.5.